The summed E-state index contributed by atoms with van der Waals surface area (Å²) in [7, 11) is 0. The minimum Gasteiger partial charge on any atom is -0.484 e. The van der Waals surface area contributed by atoms with Gasteiger partial charge in [-0.1, -0.05) is 0 Å². The number of ketones is 1. The Bertz CT molecular complexity index is 568. The van der Waals surface area contributed by atoms with Crippen molar-refractivity contribution in [2.24, 2.45) is 5.73 Å². The standard InChI is InChI=1S/C16H20N2O4/c1-11(19)12-5-7-13(8-6-12)22-10-15(20)18-9-3-2-4-14(18)16(17)21/h5-8,14H,2-4,9-10H2,1H3,(H2,17,21). The molecule has 6 nitrogen and oxygen atoms in total. The summed E-state index contributed by atoms with van der Waals surface area (Å²) in [4.78, 5) is 36.3. The third-order valence-electron chi connectivity index (χ3n) is 3.77. The number of primary amides is 1. The van der Waals surface area contributed by atoms with Crippen molar-refractivity contribution in [3.8, 4) is 5.75 Å². The number of piperidine rings is 1. The fraction of sp³-hybridized carbons (Fsp3) is 0.438. The van der Waals surface area contributed by atoms with Gasteiger partial charge < -0.3 is 15.4 Å². The van der Waals surface area contributed by atoms with E-state index >= 15 is 0 Å². The van der Waals surface area contributed by atoms with Gasteiger partial charge >= 0.3 is 0 Å². The third-order valence-corrected chi connectivity index (χ3v) is 3.77. The van der Waals surface area contributed by atoms with Gasteiger partial charge in [-0.25, -0.2) is 0 Å². The van der Waals surface area contributed by atoms with E-state index in [1.54, 1.807) is 24.3 Å². The maximum atomic E-state index is 12.2. The molecule has 1 fully saturated rings. The molecule has 0 saturated carbocycles. The van der Waals surface area contributed by atoms with Gasteiger partial charge in [-0.3, -0.25) is 14.4 Å². The van der Waals surface area contributed by atoms with Gasteiger partial charge in [-0.05, 0) is 50.5 Å². The SMILES string of the molecule is CC(=O)c1ccc(OCC(=O)N2CCCCC2C(N)=O)cc1. The highest BCUT2D eigenvalue weighted by molar-refractivity contribution is 5.94. The minimum atomic E-state index is -0.537. The van der Waals surface area contributed by atoms with Crippen LogP contribution < -0.4 is 10.5 Å². The first-order valence-electron chi connectivity index (χ1n) is 7.31. The van der Waals surface area contributed by atoms with Gasteiger partial charge in [0, 0.05) is 12.1 Å². The van der Waals surface area contributed by atoms with Crippen molar-refractivity contribution in [3.05, 3.63) is 29.8 Å². The molecule has 0 spiro atoms. The van der Waals surface area contributed by atoms with Crippen molar-refractivity contribution in [3.63, 3.8) is 0 Å². The maximum absolute atomic E-state index is 12.2. The number of carbonyl (C=O) groups is 3. The fourth-order valence-corrected chi connectivity index (χ4v) is 2.54. The number of hydrogen-bond donors (Lipinski definition) is 1. The molecule has 1 aromatic carbocycles. The van der Waals surface area contributed by atoms with E-state index in [9.17, 15) is 14.4 Å². The molecule has 2 N–H and O–H groups in total. The van der Waals surface area contributed by atoms with Crippen LogP contribution in [-0.2, 0) is 9.59 Å². The zero-order chi connectivity index (χ0) is 16.1. The van der Waals surface area contributed by atoms with Crippen LogP contribution in [-0.4, -0.2) is 41.7 Å². The number of amides is 2. The zero-order valence-corrected chi connectivity index (χ0v) is 12.6. The maximum Gasteiger partial charge on any atom is 0.261 e. The van der Waals surface area contributed by atoms with Gasteiger partial charge in [0.1, 0.15) is 11.8 Å². The molecule has 1 saturated heterocycles. The molecule has 1 unspecified atom stereocenters. The molecule has 0 aliphatic carbocycles. The van der Waals surface area contributed by atoms with Gasteiger partial charge in [-0.2, -0.15) is 0 Å². The van der Waals surface area contributed by atoms with Crippen LogP contribution >= 0.6 is 0 Å². The number of likely N-dealkylation sites (tertiary alicyclic amines) is 1. The Balaban J connectivity index is 1.93. The summed E-state index contributed by atoms with van der Waals surface area (Å²) in [6.45, 7) is 1.86. The highest BCUT2D eigenvalue weighted by Gasteiger charge is 2.30. The van der Waals surface area contributed by atoms with Gasteiger partial charge in [-0.15, -0.1) is 0 Å². The van der Waals surface area contributed by atoms with Crippen molar-refractivity contribution in [2.75, 3.05) is 13.2 Å². The van der Waals surface area contributed by atoms with Crippen LogP contribution in [0.2, 0.25) is 0 Å². The Morgan fingerprint density at radius 1 is 1.23 bits per heavy atom. The van der Waals surface area contributed by atoms with Crippen LogP contribution in [0.5, 0.6) is 5.75 Å². The first-order valence-corrected chi connectivity index (χ1v) is 7.31. The summed E-state index contributed by atoms with van der Waals surface area (Å²) >= 11 is 0. The van der Waals surface area contributed by atoms with Crippen LogP contribution in [0.3, 0.4) is 0 Å². The molecule has 0 aromatic heterocycles. The summed E-state index contributed by atoms with van der Waals surface area (Å²) < 4.78 is 5.43. The number of hydrogen-bond acceptors (Lipinski definition) is 4. The van der Waals surface area contributed by atoms with E-state index in [1.165, 1.54) is 11.8 Å². The van der Waals surface area contributed by atoms with Crippen molar-refractivity contribution in [1.82, 2.24) is 4.90 Å². The molecule has 1 aliphatic heterocycles. The predicted molar refractivity (Wildman–Crippen MR) is 80.5 cm³/mol. The fourth-order valence-electron chi connectivity index (χ4n) is 2.54. The van der Waals surface area contributed by atoms with E-state index in [-0.39, 0.29) is 18.3 Å². The summed E-state index contributed by atoms with van der Waals surface area (Å²) in [5.74, 6) is -0.246. The molecule has 0 radical (unpaired) electrons. The van der Waals surface area contributed by atoms with Gasteiger partial charge in [0.05, 0.1) is 0 Å². The number of benzene rings is 1. The average Bonchev–Trinajstić information content (AvgIpc) is 2.53. The lowest BCUT2D eigenvalue weighted by Crippen LogP contribution is -2.51. The van der Waals surface area contributed by atoms with Gasteiger partial charge in [0.2, 0.25) is 5.91 Å². The van der Waals surface area contributed by atoms with Gasteiger partial charge in [0.15, 0.2) is 12.4 Å². The normalized spacial score (nSPS) is 17.9. The van der Waals surface area contributed by atoms with E-state index in [4.69, 9.17) is 10.5 Å². The molecule has 2 amide bonds. The molecule has 0 bridgehead atoms. The molecular formula is C16H20N2O4. The minimum absolute atomic E-state index is 0.0276. The van der Waals surface area contributed by atoms with Crippen molar-refractivity contribution >= 4 is 17.6 Å². The van der Waals surface area contributed by atoms with Crippen LogP contribution in [0.1, 0.15) is 36.5 Å². The smallest absolute Gasteiger partial charge is 0.261 e. The molecule has 1 aromatic rings. The molecule has 1 heterocycles. The lowest BCUT2D eigenvalue weighted by molar-refractivity contribution is -0.142. The van der Waals surface area contributed by atoms with E-state index in [1.807, 2.05) is 0 Å². The molecular weight excluding hydrogens is 284 g/mol. The van der Waals surface area contributed by atoms with Crippen LogP contribution in [0, 0.1) is 0 Å². The Labute approximate surface area is 129 Å². The third kappa shape index (κ3) is 3.84. The molecule has 2 rings (SSSR count). The lowest BCUT2D eigenvalue weighted by Gasteiger charge is -2.33. The average molecular weight is 304 g/mol. The second kappa shape index (κ2) is 7.06. The number of Topliss-reactive ketones (excluding diaryl/α,β-unsaturated/α-hetero) is 1. The van der Waals surface area contributed by atoms with Crippen molar-refractivity contribution in [2.45, 2.75) is 32.2 Å². The topological polar surface area (TPSA) is 89.7 Å². The zero-order valence-electron chi connectivity index (χ0n) is 12.6. The number of nitrogens with two attached hydrogens (primary N) is 1. The van der Waals surface area contributed by atoms with Crippen molar-refractivity contribution in [1.29, 1.82) is 0 Å². The number of rotatable bonds is 5. The van der Waals surface area contributed by atoms with Crippen molar-refractivity contribution < 1.29 is 19.1 Å². The quantitative estimate of drug-likeness (QED) is 0.826. The van der Waals surface area contributed by atoms with Gasteiger partial charge in [0.25, 0.3) is 5.91 Å². The second-order valence-corrected chi connectivity index (χ2v) is 5.37. The Kier molecular flexibility index (Phi) is 5.14. The monoisotopic (exact) mass is 304 g/mol. The van der Waals surface area contributed by atoms with E-state index < -0.39 is 11.9 Å². The van der Waals surface area contributed by atoms with E-state index in [2.05, 4.69) is 0 Å². The second-order valence-electron chi connectivity index (χ2n) is 5.37. The Hall–Kier alpha value is -2.37. The number of nitrogens with zero attached hydrogens (tertiary/aromatic N) is 1. The summed E-state index contributed by atoms with van der Waals surface area (Å²) in [6.07, 6.45) is 2.36. The van der Waals surface area contributed by atoms with Crippen LogP contribution in [0.4, 0.5) is 0 Å². The molecule has 1 aliphatic rings. The first-order chi connectivity index (χ1) is 10.5. The predicted octanol–water partition coefficient (Wildman–Crippen LogP) is 1.13. The summed E-state index contributed by atoms with van der Waals surface area (Å²) in [5.41, 5.74) is 5.93. The molecule has 22 heavy (non-hydrogen) atoms. The largest absolute Gasteiger partial charge is 0.484 e. The molecule has 6 heteroatoms. The highest BCUT2D eigenvalue weighted by Crippen LogP contribution is 2.18. The van der Waals surface area contributed by atoms with Crippen LogP contribution in [0.25, 0.3) is 0 Å². The highest BCUT2D eigenvalue weighted by atomic mass is 16.5. The number of carbonyl (C=O) groups excluding carboxylic acids is 3. The first kappa shape index (κ1) is 16.0. The Morgan fingerprint density at radius 2 is 1.91 bits per heavy atom. The van der Waals surface area contributed by atoms with E-state index in [0.717, 1.165) is 12.8 Å². The Morgan fingerprint density at radius 3 is 2.50 bits per heavy atom. The molecule has 118 valence electrons. The van der Waals surface area contributed by atoms with Crippen LogP contribution in [0.15, 0.2) is 24.3 Å². The lowest BCUT2D eigenvalue weighted by atomic mass is 10.0. The number of ether oxygens (including phenoxy) is 1. The molecule has 1 atom stereocenters. The summed E-state index contributed by atoms with van der Waals surface area (Å²) in [5, 5.41) is 0. The van der Waals surface area contributed by atoms with E-state index in [0.29, 0.717) is 24.3 Å². The summed E-state index contributed by atoms with van der Waals surface area (Å²) in [6, 6.07) is 6.05.